The van der Waals surface area contributed by atoms with Gasteiger partial charge in [0.1, 0.15) is 5.82 Å². The molecule has 2 aromatic carbocycles. The first kappa shape index (κ1) is 23.7. The van der Waals surface area contributed by atoms with Crippen molar-refractivity contribution in [2.75, 3.05) is 32.8 Å². The van der Waals surface area contributed by atoms with Crippen LogP contribution in [0.5, 0.6) is 0 Å². The van der Waals surface area contributed by atoms with Gasteiger partial charge in [-0.1, -0.05) is 23.9 Å². The van der Waals surface area contributed by atoms with Crippen LogP contribution >= 0.6 is 11.8 Å². The van der Waals surface area contributed by atoms with E-state index < -0.39 is 11.7 Å². The van der Waals surface area contributed by atoms with Crippen molar-refractivity contribution in [1.82, 2.24) is 19.7 Å². The molecule has 0 aliphatic carbocycles. The molecule has 0 N–H and O–H groups in total. The Morgan fingerprint density at radius 3 is 2.27 bits per heavy atom. The number of nitrogens with zero attached hydrogens (tertiary/aromatic N) is 4. The number of hydrogen-bond donors (Lipinski definition) is 0. The third kappa shape index (κ3) is 5.93. The van der Waals surface area contributed by atoms with Crippen LogP contribution in [0.15, 0.2) is 53.7 Å². The summed E-state index contributed by atoms with van der Waals surface area (Å²) in [5.41, 5.74) is 0.842. The number of aromatic nitrogens is 3. The molecule has 0 radical (unpaired) electrons. The Bertz CT molecular complexity index is 1050. The van der Waals surface area contributed by atoms with Crippen molar-refractivity contribution in [3.05, 3.63) is 65.5 Å². The minimum Gasteiger partial charge on any atom is -0.379 e. The zero-order chi connectivity index (χ0) is 23.4. The molecule has 1 atom stereocenters. The SMILES string of the molecule is CC(Sc1nnc(-c2ccc(F)cc2)n1CCN1CCOCC1)c1ccc(C(F)(F)F)cc1. The van der Waals surface area contributed by atoms with Crippen molar-refractivity contribution in [3.63, 3.8) is 0 Å². The number of benzene rings is 2. The third-order valence-corrected chi connectivity index (χ3v) is 6.69. The molecule has 2 heterocycles. The Morgan fingerprint density at radius 1 is 0.970 bits per heavy atom. The minimum absolute atomic E-state index is 0.139. The molecule has 4 rings (SSSR count). The van der Waals surface area contributed by atoms with Crippen LogP contribution < -0.4 is 0 Å². The summed E-state index contributed by atoms with van der Waals surface area (Å²) in [5, 5.41) is 9.23. The Hall–Kier alpha value is -2.43. The summed E-state index contributed by atoms with van der Waals surface area (Å²) in [4.78, 5) is 2.30. The van der Waals surface area contributed by atoms with E-state index >= 15 is 0 Å². The van der Waals surface area contributed by atoms with Crippen LogP contribution in [0.3, 0.4) is 0 Å². The molecule has 1 aromatic heterocycles. The summed E-state index contributed by atoms with van der Waals surface area (Å²) in [6.45, 7) is 6.40. The molecule has 1 unspecified atom stereocenters. The van der Waals surface area contributed by atoms with Gasteiger partial charge >= 0.3 is 6.18 Å². The lowest BCUT2D eigenvalue weighted by Crippen LogP contribution is -2.38. The largest absolute Gasteiger partial charge is 0.416 e. The fraction of sp³-hybridized carbons (Fsp3) is 0.391. The molecule has 10 heteroatoms. The van der Waals surface area contributed by atoms with E-state index in [4.69, 9.17) is 4.74 Å². The van der Waals surface area contributed by atoms with Crippen molar-refractivity contribution in [2.24, 2.45) is 0 Å². The van der Waals surface area contributed by atoms with Crippen molar-refractivity contribution in [3.8, 4) is 11.4 Å². The maximum atomic E-state index is 13.4. The zero-order valence-corrected chi connectivity index (χ0v) is 18.9. The summed E-state index contributed by atoms with van der Waals surface area (Å²) >= 11 is 1.43. The fourth-order valence-electron chi connectivity index (χ4n) is 3.63. The summed E-state index contributed by atoms with van der Waals surface area (Å²) in [5.74, 6) is 0.300. The van der Waals surface area contributed by atoms with Gasteiger partial charge in [-0.2, -0.15) is 13.2 Å². The molecule has 176 valence electrons. The highest BCUT2D eigenvalue weighted by molar-refractivity contribution is 7.99. The zero-order valence-electron chi connectivity index (χ0n) is 18.1. The number of rotatable bonds is 7. The van der Waals surface area contributed by atoms with Crippen molar-refractivity contribution < 1.29 is 22.3 Å². The first-order valence-corrected chi connectivity index (χ1v) is 11.5. The number of morpholine rings is 1. The van der Waals surface area contributed by atoms with Crippen LogP contribution in [-0.4, -0.2) is 52.5 Å². The summed E-state index contributed by atoms with van der Waals surface area (Å²) in [6.07, 6.45) is -4.36. The average Bonchev–Trinajstić information content (AvgIpc) is 3.20. The topological polar surface area (TPSA) is 43.2 Å². The molecule has 1 saturated heterocycles. The van der Waals surface area contributed by atoms with Crippen LogP contribution in [-0.2, 0) is 17.5 Å². The third-order valence-electron chi connectivity index (χ3n) is 5.55. The first-order valence-electron chi connectivity index (χ1n) is 10.6. The molecule has 0 bridgehead atoms. The lowest BCUT2D eigenvalue weighted by atomic mass is 10.1. The molecule has 3 aromatic rings. The Balaban J connectivity index is 1.56. The standard InChI is InChI=1S/C23H24F4N4OS/c1-16(17-2-6-19(7-3-17)23(25,26)27)33-22-29-28-21(18-4-8-20(24)9-5-18)31(22)11-10-30-12-14-32-15-13-30/h2-9,16H,10-15H2,1H3. The molecule has 1 aliphatic rings. The number of halogens is 4. The van der Waals surface area contributed by atoms with Crippen molar-refractivity contribution in [1.29, 1.82) is 0 Å². The van der Waals surface area contributed by atoms with Gasteiger partial charge in [-0.25, -0.2) is 4.39 Å². The Morgan fingerprint density at radius 2 is 1.64 bits per heavy atom. The predicted molar refractivity (Wildman–Crippen MR) is 118 cm³/mol. The van der Waals surface area contributed by atoms with E-state index in [-0.39, 0.29) is 11.1 Å². The molecular formula is C23H24F4N4OS. The lowest BCUT2D eigenvalue weighted by molar-refractivity contribution is -0.137. The highest BCUT2D eigenvalue weighted by Gasteiger charge is 2.30. The van der Waals surface area contributed by atoms with Gasteiger partial charge in [-0.15, -0.1) is 10.2 Å². The molecule has 5 nitrogen and oxygen atoms in total. The molecule has 0 amide bonds. The van der Waals surface area contributed by atoms with Gasteiger partial charge < -0.3 is 9.30 Å². The second-order valence-electron chi connectivity index (χ2n) is 7.80. The van der Waals surface area contributed by atoms with E-state index in [9.17, 15) is 17.6 Å². The molecule has 33 heavy (non-hydrogen) atoms. The van der Waals surface area contributed by atoms with Crippen molar-refractivity contribution in [2.45, 2.75) is 30.1 Å². The normalized spacial score (nSPS) is 16.2. The van der Waals surface area contributed by atoms with E-state index in [0.29, 0.717) is 30.7 Å². The van der Waals surface area contributed by atoms with E-state index in [1.165, 1.54) is 36.0 Å². The minimum atomic E-state index is -4.36. The van der Waals surface area contributed by atoms with Gasteiger partial charge in [-0.05, 0) is 48.9 Å². The monoisotopic (exact) mass is 480 g/mol. The predicted octanol–water partition coefficient (Wildman–Crippen LogP) is 5.29. The average molecular weight is 481 g/mol. The van der Waals surface area contributed by atoms with Gasteiger partial charge in [0.05, 0.1) is 18.8 Å². The van der Waals surface area contributed by atoms with Crippen LogP contribution in [0, 0.1) is 5.82 Å². The molecule has 0 spiro atoms. The van der Waals surface area contributed by atoms with Gasteiger partial charge in [0.25, 0.3) is 0 Å². The molecule has 1 aliphatic heterocycles. The van der Waals surface area contributed by atoms with Gasteiger partial charge in [0, 0.05) is 37.0 Å². The van der Waals surface area contributed by atoms with E-state index in [1.807, 2.05) is 11.5 Å². The fourth-order valence-corrected chi connectivity index (χ4v) is 4.63. The highest BCUT2D eigenvalue weighted by atomic mass is 32.2. The Labute approximate surface area is 193 Å². The van der Waals surface area contributed by atoms with Crippen LogP contribution in [0.4, 0.5) is 17.6 Å². The van der Waals surface area contributed by atoms with E-state index in [1.54, 1.807) is 12.1 Å². The van der Waals surface area contributed by atoms with Gasteiger partial charge in [0.2, 0.25) is 0 Å². The summed E-state index contributed by atoms with van der Waals surface area (Å²) in [7, 11) is 0. The molecule has 0 saturated carbocycles. The number of alkyl halides is 3. The quantitative estimate of drug-likeness (QED) is 0.340. The number of thioether (sulfide) groups is 1. The Kier molecular flexibility index (Phi) is 7.35. The highest BCUT2D eigenvalue weighted by Crippen LogP contribution is 2.37. The second-order valence-corrected chi connectivity index (χ2v) is 9.11. The van der Waals surface area contributed by atoms with Crippen LogP contribution in [0.1, 0.15) is 23.3 Å². The lowest BCUT2D eigenvalue weighted by Gasteiger charge is -2.27. The van der Waals surface area contributed by atoms with Gasteiger partial charge in [-0.3, -0.25) is 4.90 Å². The van der Waals surface area contributed by atoms with Crippen LogP contribution in [0.2, 0.25) is 0 Å². The molecule has 1 fully saturated rings. The second kappa shape index (κ2) is 10.2. The van der Waals surface area contributed by atoms with Gasteiger partial charge in [0.15, 0.2) is 11.0 Å². The molecular weight excluding hydrogens is 456 g/mol. The number of hydrogen-bond acceptors (Lipinski definition) is 5. The van der Waals surface area contributed by atoms with Crippen molar-refractivity contribution >= 4 is 11.8 Å². The summed E-state index contributed by atoms with van der Waals surface area (Å²) < 4.78 is 59.5. The maximum absolute atomic E-state index is 13.4. The maximum Gasteiger partial charge on any atom is 0.416 e. The smallest absolute Gasteiger partial charge is 0.379 e. The van der Waals surface area contributed by atoms with E-state index in [2.05, 4.69) is 15.1 Å². The first-order chi connectivity index (χ1) is 15.8. The van der Waals surface area contributed by atoms with E-state index in [0.717, 1.165) is 42.9 Å². The summed E-state index contributed by atoms with van der Waals surface area (Å²) in [6, 6.07) is 11.3. The van der Waals surface area contributed by atoms with Crippen LogP contribution in [0.25, 0.3) is 11.4 Å². The number of ether oxygens (including phenoxy) is 1.